The lowest BCUT2D eigenvalue weighted by atomic mass is 10.1. The van der Waals surface area contributed by atoms with Crippen LogP contribution in [0.25, 0.3) is 5.57 Å². The molecule has 1 aliphatic rings. The summed E-state index contributed by atoms with van der Waals surface area (Å²) in [6.45, 7) is 10.8. The molecule has 0 spiro atoms. The minimum atomic E-state index is -0.180. The number of carbonyl (C=O) groups excluding carboxylic acids is 1. The van der Waals surface area contributed by atoms with E-state index in [9.17, 15) is 9.59 Å². The Balaban J connectivity index is 2.05. The molecule has 1 atom stereocenters. The summed E-state index contributed by atoms with van der Waals surface area (Å²) in [5.74, 6) is 0. The molecule has 0 aromatic carbocycles. The van der Waals surface area contributed by atoms with E-state index in [0.29, 0.717) is 19.7 Å². The second-order valence-corrected chi connectivity index (χ2v) is 5.39. The van der Waals surface area contributed by atoms with E-state index in [-0.39, 0.29) is 17.6 Å². The molecule has 1 unspecified atom stereocenters. The van der Waals surface area contributed by atoms with Crippen LogP contribution in [-0.2, 0) is 11.9 Å². The van der Waals surface area contributed by atoms with Crippen LogP contribution >= 0.6 is 0 Å². The van der Waals surface area contributed by atoms with E-state index in [0.717, 1.165) is 11.1 Å². The SMILES string of the molecule is C=CCON1C(=O)N(CC(=C)c2ccc(=O)n(C)c2)CC1C. The fourth-order valence-corrected chi connectivity index (χ4v) is 2.37. The molecule has 1 aromatic rings. The zero-order chi connectivity index (χ0) is 16.3. The molecule has 6 heteroatoms. The van der Waals surface area contributed by atoms with E-state index in [4.69, 9.17) is 4.84 Å². The highest BCUT2D eigenvalue weighted by molar-refractivity contribution is 5.79. The van der Waals surface area contributed by atoms with Crippen molar-refractivity contribution >= 4 is 11.6 Å². The summed E-state index contributed by atoms with van der Waals surface area (Å²) >= 11 is 0. The Bertz CT molecular complexity index is 650. The third-order valence-corrected chi connectivity index (χ3v) is 3.55. The first-order valence-electron chi connectivity index (χ1n) is 7.10. The molecule has 0 radical (unpaired) electrons. The van der Waals surface area contributed by atoms with Crippen molar-refractivity contribution in [2.24, 2.45) is 7.05 Å². The zero-order valence-electron chi connectivity index (χ0n) is 13.0. The fourth-order valence-electron chi connectivity index (χ4n) is 2.37. The van der Waals surface area contributed by atoms with Crippen molar-refractivity contribution in [2.45, 2.75) is 13.0 Å². The Hall–Kier alpha value is -2.34. The van der Waals surface area contributed by atoms with Gasteiger partial charge in [0.2, 0.25) is 5.56 Å². The molecule has 118 valence electrons. The molecule has 2 rings (SSSR count). The largest absolute Gasteiger partial charge is 0.344 e. The minimum Gasteiger partial charge on any atom is -0.318 e. The monoisotopic (exact) mass is 303 g/mol. The van der Waals surface area contributed by atoms with E-state index in [1.165, 1.54) is 15.7 Å². The van der Waals surface area contributed by atoms with Gasteiger partial charge in [0.1, 0.15) is 0 Å². The second kappa shape index (κ2) is 6.62. The Morgan fingerprint density at radius 1 is 1.45 bits per heavy atom. The van der Waals surface area contributed by atoms with Gasteiger partial charge in [-0.05, 0) is 24.1 Å². The summed E-state index contributed by atoms with van der Waals surface area (Å²) in [5, 5.41) is 1.37. The van der Waals surface area contributed by atoms with Crippen molar-refractivity contribution in [3.05, 3.63) is 53.5 Å². The Labute approximate surface area is 129 Å². The van der Waals surface area contributed by atoms with E-state index in [2.05, 4.69) is 13.2 Å². The van der Waals surface area contributed by atoms with Crippen LogP contribution in [0.3, 0.4) is 0 Å². The predicted octanol–water partition coefficient (Wildman–Crippen LogP) is 1.64. The van der Waals surface area contributed by atoms with E-state index >= 15 is 0 Å². The number of carbonyl (C=O) groups is 1. The molecule has 0 aliphatic carbocycles. The standard InChI is InChI=1S/C16H21N3O3/c1-5-8-22-19-13(3)10-18(16(19)21)9-12(2)14-6-7-15(20)17(4)11-14/h5-7,11,13H,1-2,8-10H2,3-4H3. The lowest BCUT2D eigenvalue weighted by Crippen LogP contribution is -2.34. The fraction of sp³-hybridized carbons (Fsp3) is 0.375. The average molecular weight is 303 g/mol. The topological polar surface area (TPSA) is 54.8 Å². The van der Waals surface area contributed by atoms with Gasteiger partial charge in [-0.1, -0.05) is 12.7 Å². The number of hydrogen-bond acceptors (Lipinski definition) is 3. The Morgan fingerprint density at radius 2 is 2.18 bits per heavy atom. The van der Waals surface area contributed by atoms with E-state index < -0.39 is 0 Å². The normalized spacial score (nSPS) is 17.9. The van der Waals surface area contributed by atoms with Crippen molar-refractivity contribution in [1.29, 1.82) is 0 Å². The van der Waals surface area contributed by atoms with Gasteiger partial charge in [0.05, 0.1) is 12.6 Å². The molecular weight excluding hydrogens is 282 g/mol. The first-order chi connectivity index (χ1) is 10.4. The van der Waals surface area contributed by atoms with E-state index in [1.54, 1.807) is 30.3 Å². The van der Waals surface area contributed by atoms with Crippen LogP contribution in [0.15, 0.2) is 42.4 Å². The van der Waals surface area contributed by atoms with Crippen LogP contribution in [-0.4, -0.2) is 46.3 Å². The van der Waals surface area contributed by atoms with E-state index in [1.807, 2.05) is 6.92 Å². The highest BCUT2D eigenvalue weighted by Gasteiger charge is 2.35. The molecule has 2 amide bonds. The molecule has 0 bridgehead atoms. The maximum atomic E-state index is 12.3. The maximum Gasteiger partial charge on any atom is 0.344 e. The number of hydrogen-bond donors (Lipinski definition) is 0. The molecule has 2 heterocycles. The molecule has 1 saturated heterocycles. The van der Waals surface area contributed by atoms with Gasteiger partial charge in [0.15, 0.2) is 0 Å². The van der Waals surface area contributed by atoms with Gasteiger partial charge in [-0.15, -0.1) is 6.58 Å². The summed E-state index contributed by atoms with van der Waals surface area (Å²) in [4.78, 5) is 30.8. The molecule has 1 aliphatic heterocycles. The number of amides is 2. The zero-order valence-corrected chi connectivity index (χ0v) is 13.0. The van der Waals surface area contributed by atoms with Crippen LogP contribution in [0.5, 0.6) is 0 Å². The quantitative estimate of drug-likeness (QED) is 0.751. The third-order valence-electron chi connectivity index (χ3n) is 3.55. The summed E-state index contributed by atoms with van der Waals surface area (Å²) in [7, 11) is 1.69. The summed E-state index contributed by atoms with van der Waals surface area (Å²) in [6.07, 6.45) is 3.33. The average Bonchev–Trinajstić information content (AvgIpc) is 2.74. The number of rotatable bonds is 6. The molecule has 1 aromatic heterocycles. The highest BCUT2D eigenvalue weighted by atomic mass is 16.7. The van der Waals surface area contributed by atoms with Gasteiger partial charge in [-0.2, -0.15) is 5.06 Å². The lowest BCUT2D eigenvalue weighted by molar-refractivity contribution is -0.114. The van der Waals surface area contributed by atoms with Crippen molar-refractivity contribution < 1.29 is 9.63 Å². The first kappa shape index (κ1) is 16.0. The molecule has 22 heavy (non-hydrogen) atoms. The summed E-state index contributed by atoms with van der Waals surface area (Å²) in [5.41, 5.74) is 1.54. The van der Waals surface area contributed by atoms with Crippen molar-refractivity contribution in [3.63, 3.8) is 0 Å². The third kappa shape index (κ3) is 3.28. The van der Waals surface area contributed by atoms with Crippen molar-refractivity contribution in [2.75, 3.05) is 19.7 Å². The van der Waals surface area contributed by atoms with Gasteiger partial charge in [0, 0.05) is 32.4 Å². The number of pyridine rings is 1. The van der Waals surface area contributed by atoms with Gasteiger partial charge >= 0.3 is 6.03 Å². The van der Waals surface area contributed by atoms with Crippen LogP contribution in [0, 0.1) is 0 Å². The number of nitrogens with zero attached hydrogens (tertiary/aromatic N) is 3. The van der Waals surface area contributed by atoms with Crippen molar-refractivity contribution in [3.8, 4) is 0 Å². The Morgan fingerprint density at radius 3 is 2.82 bits per heavy atom. The van der Waals surface area contributed by atoms with Gasteiger partial charge in [-0.25, -0.2) is 4.79 Å². The highest BCUT2D eigenvalue weighted by Crippen LogP contribution is 2.20. The van der Waals surface area contributed by atoms with Crippen LogP contribution in [0.1, 0.15) is 12.5 Å². The van der Waals surface area contributed by atoms with Crippen molar-refractivity contribution in [1.82, 2.24) is 14.5 Å². The minimum absolute atomic E-state index is 0.0274. The Kier molecular flexibility index (Phi) is 4.82. The molecule has 1 fully saturated rings. The van der Waals surface area contributed by atoms with Crippen LogP contribution in [0.2, 0.25) is 0 Å². The molecule has 0 N–H and O–H groups in total. The summed E-state index contributed by atoms with van der Waals surface area (Å²) < 4.78 is 1.49. The van der Waals surface area contributed by atoms with Gasteiger partial charge in [0.25, 0.3) is 0 Å². The number of aryl methyl sites for hydroxylation is 1. The maximum absolute atomic E-state index is 12.3. The number of urea groups is 1. The smallest absolute Gasteiger partial charge is 0.318 e. The number of aromatic nitrogens is 1. The van der Waals surface area contributed by atoms with Gasteiger partial charge < -0.3 is 9.47 Å². The predicted molar refractivity (Wildman–Crippen MR) is 85.1 cm³/mol. The number of hydroxylamine groups is 2. The lowest BCUT2D eigenvalue weighted by Gasteiger charge is -2.19. The first-order valence-corrected chi connectivity index (χ1v) is 7.10. The van der Waals surface area contributed by atoms with Gasteiger partial charge in [-0.3, -0.25) is 9.63 Å². The second-order valence-electron chi connectivity index (χ2n) is 5.39. The molecule has 6 nitrogen and oxygen atoms in total. The molecular formula is C16H21N3O3. The van der Waals surface area contributed by atoms with Crippen LogP contribution < -0.4 is 5.56 Å². The molecule has 0 saturated carbocycles. The summed E-state index contributed by atoms with van der Waals surface area (Å²) in [6, 6.07) is 3.01. The van der Waals surface area contributed by atoms with Crippen LogP contribution in [0.4, 0.5) is 4.79 Å².